The fourth-order valence-corrected chi connectivity index (χ4v) is 0.791. The molecule has 0 aromatic heterocycles. The Morgan fingerprint density at radius 2 is 1.91 bits per heavy atom. The van der Waals surface area contributed by atoms with Crippen molar-refractivity contribution in [2.75, 3.05) is 5.32 Å². The lowest BCUT2D eigenvalue weighted by Crippen LogP contribution is -2.05. The van der Waals surface area contributed by atoms with Gasteiger partial charge in [-0.05, 0) is 24.6 Å². The molecule has 0 bridgehead atoms. The van der Waals surface area contributed by atoms with Crippen molar-refractivity contribution in [2.45, 2.75) is 6.92 Å². The van der Waals surface area contributed by atoms with E-state index in [2.05, 4.69) is 12.2 Å². The van der Waals surface area contributed by atoms with Crippen LogP contribution in [0.1, 0.15) is 12.5 Å². The quantitative estimate of drug-likeness (QED) is 0.646. The molecular formula is C9H10NO. The average Bonchev–Trinajstić information content (AvgIpc) is 1.93. The Bertz CT molecular complexity index is 251. The van der Waals surface area contributed by atoms with Gasteiger partial charge in [-0.15, -0.1) is 0 Å². The molecule has 0 aliphatic carbocycles. The highest BCUT2D eigenvalue weighted by molar-refractivity contribution is 5.88. The van der Waals surface area contributed by atoms with Gasteiger partial charge < -0.3 is 5.32 Å². The van der Waals surface area contributed by atoms with Crippen LogP contribution < -0.4 is 5.32 Å². The minimum absolute atomic E-state index is 0.0539. The van der Waals surface area contributed by atoms with Gasteiger partial charge in [-0.2, -0.15) is 0 Å². The maximum Gasteiger partial charge on any atom is 0.221 e. The van der Waals surface area contributed by atoms with Crippen molar-refractivity contribution >= 4 is 11.6 Å². The molecule has 0 aliphatic rings. The Morgan fingerprint density at radius 3 is 2.36 bits per heavy atom. The number of amides is 1. The molecule has 0 fully saturated rings. The predicted octanol–water partition coefficient (Wildman–Crippen LogP) is 1.83. The summed E-state index contributed by atoms with van der Waals surface area (Å²) in [4.78, 5) is 10.6. The smallest absolute Gasteiger partial charge is 0.221 e. The average molecular weight is 148 g/mol. The van der Waals surface area contributed by atoms with Crippen LogP contribution in [-0.4, -0.2) is 5.91 Å². The maximum atomic E-state index is 10.6. The third kappa shape index (κ3) is 2.42. The van der Waals surface area contributed by atoms with Gasteiger partial charge in [0.1, 0.15) is 0 Å². The minimum Gasteiger partial charge on any atom is -0.326 e. The standard InChI is InChI=1S/C9H10NO/c1-7-3-5-9(6-4-7)10-8(2)11/h3-6H,1H2,2H3,(H,10,11). The van der Waals surface area contributed by atoms with Crippen molar-refractivity contribution in [3.8, 4) is 0 Å². The number of nitrogens with one attached hydrogen (secondary N) is 1. The zero-order valence-corrected chi connectivity index (χ0v) is 6.42. The van der Waals surface area contributed by atoms with Gasteiger partial charge in [0.2, 0.25) is 5.91 Å². The Kier molecular flexibility index (Phi) is 2.26. The molecule has 11 heavy (non-hydrogen) atoms. The molecule has 2 heteroatoms. The lowest BCUT2D eigenvalue weighted by atomic mass is 10.2. The SMILES string of the molecule is [CH2]c1ccc(NC(C)=O)cc1. The van der Waals surface area contributed by atoms with E-state index in [1.807, 2.05) is 24.3 Å². The second kappa shape index (κ2) is 3.19. The van der Waals surface area contributed by atoms with Crippen LogP contribution in [0.15, 0.2) is 24.3 Å². The number of hydrogen-bond donors (Lipinski definition) is 1. The van der Waals surface area contributed by atoms with E-state index < -0.39 is 0 Å². The van der Waals surface area contributed by atoms with E-state index in [1.165, 1.54) is 6.92 Å². The van der Waals surface area contributed by atoms with Gasteiger partial charge in [0.15, 0.2) is 0 Å². The molecule has 1 aromatic rings. The second-order valence-electron chi connectivity index (χ2n) is 2.38. The third-order valence-electron chi connectivity index (χ3n) is 1.27. The van der Waals surface area contributed by atoms with E-state index >= 15 is 0 Å². The first-order valence-corrected chi connectivity index (χ1v) is 3.38. The maximum absolute atomic E-state index is 10.6. The van der Waals surface area contributed by atoms with Crippen LogP contribution in [0.4, 0.5) is 5.69 Å². The van der Waals surface area contributed by atoms with Crippen LogP contribution in [0.3, 0.4) is 0 Å². The molecule has 0 saturated carbocycles. The van der Waals surface area contributed by atoms with Gasteiger partial charge in [0.25, 0.3) is 0 Å². The van der Waals surface area contributed by atoms with E-state index in [4.69, 9.17) is 0 Å². The largest absolute Gasteiger partial charge is 0.326 e. The number of carbonyl (C=O) groups excluding carboxylic acids is 1. The molecule has 1 radical (unpaired) electrons. The molecule has 0 saturated heterocycles. The number of benzene rings is 1. The van der Waals surface area contributed by atoms with Crippen LogP contribution in [-0.2, 0) is 4.79 Å². The molecule has 0 spiro atoms. The summed E-state index contributed by atoms with van der Waals surface area (Å²) in [6, 6.07) is 7.35. The summed E-state index contributed by atoms with van der Waals surface area (Å²) < 4.78 is 0. The predicted molar refractivity (Wildman–Crippen MR) is 45.2 cm³/mol. The molecule has 1 N–H and O–H groups in total. The number of carbonyl (C=O) groups is 1. The summed E-state index contributed by atoms with van der Waals surface area (Å²) in [6.07, 6.45) is 0. The Balaban J connectivity index is 2.74. The van der Waals surface area contributed by atoms with E-state index in [1.54, 1.807) is 0 Å². The zero-order valence-electron chi connectivity index (χ0n) is 6.42. The minimum atomic E-state index is -0.0539. The van der Waals surface area contributed by atoms with Crippen molar-refractivity contribution in [1.29, 1.82) is 0 Å². The van der Waals surface area contributed by atoms with E-state index in [0.717, 1.165) is 11.3 Å². The van der Waals surface area contributed by atoms with Gasteiger partial charge >= 0.3 is 0 Å². The summed E-state index contributed by atoms with van der Waals surface area (Å²) in [5, 5.41) is 2.67. The van der Waals surface area contributed by atoms with Gasteiger partial charge in [-0.3, -0.25) is 4.79 Å². The first-order valence-electron chi connectivity index (χ1n) is 3.38. The first kappa shape index (κ1) is 7.79. The van der Waals surface area contributed by atoms with Crippen molar-refractivity contribution < 1.29 is 4.79 Å². The zero-order chi connectivity index (χ0) is 8.27. The Morgan fingerprint density at radius 1 is 1.36 bits per heavy atom. The molecule has 57 valence electrons. The normalized spacial score (nSPS) is 9.27. The Labute approximate surface area is 66.2 Å². The van der Waals surface area contributed by atoms with Crippen LogP contribution in [0, 0.1) is 6.92 Å². The van der Waals surface area contributed by atoms with Crippen molar-refractivity contribution in [3.63, 3.8) is 0 Å². The molecule has 0 aliphatic heterocycles. The fourth-order valence-electron chi connectivity index (χ4n) is 0.791. The van der Waals surface area contributed by atoms with E-state index in [9.17, 15) is 4.79 Å². The lowest BCUT2D eigenvalue weighted by molar-refractivity contribution is -0.114. The van der Waals surface area contributed by atoms with Crippen molar-refractivity contribution in [1.82, 2.24) is 0 Å². The van der Waals surface area contributed by atoms with Gasteiger partial charge in [-0.1, -0.05) is 12.1 Å². The van der Waals surface area contributed by atoms with Gasteiger partial charge in [0.05, 0.1) is 0 Å². The second-order valence-corrected chi connectivity index (χ2v) is 2.38. The molecular weight excluding hydrogens is 138 g/mol. The number of anilines is 1. The monoisotopic (exact) mass is 148 g/mol. The summed E-state index contributed by atoms with van der Waals surface area (Å²) in [7, 11) is 0. The highest BCUT2D eigenvalue weighted by Gasteiger charge is 1.92. The Hall–Kier alpha value is -1.31. The van der Waals surface area contributed by atoms with Gasteiger partial charge in [-0.25, -0.2) is 0 Å². The number of rotatable bonds is 1. The van der Waals surface area contributed by atoms with Gasteiger partial charge in [0, 0.05) is 12.6 Å². The molecule has 1 rings (SSSR count). The summed E-state index contributed by atoms with van der Waals surface area (Å²) >= 11 is 0. The lowest BCUT2D eigenvalue weighted by Gasteiger charge is -2.00. The van der Waals surface area contributed by atoms with E-state index in [0.29, 0.717) is 0 Å². The molecule has 1 aromatic carbocycles. The van der Waals surface area contributed by atoms with Crippen LogP contribution >= 0.6 is 0 Å². The third-order valence-corrected chi connectivity index (χ3v) is 1.27. The topological polar surface area (TPSA) is 29.1 Å². The molecule has 1 amide bonds. The summed E-state index contributed by atoms with van der Waals surface area (Å²) in [5.74, 6) is -0.0539. The first-order chi connectivity index (χ1) is 5.18. The molecule has 0 heterocycles. The van der Waals surface area contributed by atoms with Crippen molar-refractivity contribution in [2.24, 2.45) is 0 Å². The molecule has 0 atom stereocenters. The summed E-state index contributed by atoms with van der Waals surface area (Å²) in [6.45, 7) is 5.21. The van der Waals surface area contributed by atoms with Crippen LogP contribution in [0.2, 0.25) is 0 Å². The fraction of sp³-hybridized carbons (Fsp3) is 0.111. The van der Waals surface area contributed by atoms with Crippen LogP contribution in [0.25, 0.3) is 0 Å². The van der Waals surface area contributed by atoms with Crippen molar-refractivity contribution in [3.05, 3.63) is 36.8 Å². The van der Waals surface area contributed by atoms with E-state index in [-0.39, 0.29) is 5.91 Å². The molecule has 0 unspecified atom stereocenters. The number of hydrogen-bond acceptors (Lipinski definition) is 1. The summed E-state index contributed by atoms with van der Waals surface area (Å²) in [5.41, 5.74) is 1.75. The van der Waals surface area contributed by atoms with Crippen LogP contribution in [0.5, 0.6) is 0 Å². The highest BCUT2D eigenvalue weighted by Crippen LogP contribution is 2.07. The molecule has 2 nitrogen and oxygen atoms in total. The highest BCUT2D eigenvalue weighted by atomic mass is 16.1.